The lowest BCUT2D eigenvalue weighted by molar-refractivity contribution is -0.115. The number of carbonyl (C=O) groups is 2. The van der Waals surface area contributed by atoms with Crippen LogP contribution >= 0.6 is 15.9 Å². The fourth-order valence-electron chi connectivity index (χ4n) is 3.05. The van der Waals surface area contributed by atoms with Crippen LogP contribution < -0.4 is 10.6 Å². The van der Waals surface area contributed by atoms with Gasteiger partial charge in [0.25, 0.3) is 5.91 Å². The first kappa shape index (κ1) is 20.0. The van der Waals surface area contributed by atoms with Crippen molar-refractivity contribution in [1.82, 2.24) is 10.6 Å². The molecule has 26 heavy (non-hydrogen) atoms. The molecule has 0 aromatic heterocycles. The van der Waals surface area contributed by atoms with Gasteiger partial charge in [-0.15, -0.1) is 5.73 Å². The Morgan fingerprint density at radius 1 is 1.46 bits per heavy atom. The maximum atomic E-state index is 12.9. The van der Waals surface area contributed by atoms with E-state index in [1.54, 1.807) is 19.9 Å². The number of ether oxygens (including phenoxy) is 1. The van der Waals surface area contributed by atoms with E-state index in [-0.39, 0.29) is 11.7 Å². The van der Waals surface area contributed by atoms with Crippen molar-refractivity contribution >= 4 is 33.5 Å². The first-order valence-electron chi connectivity index (χ1n) is 8.46. The summed E-state index contributed by atoms with van der Waals surface area (Å²) in [4.78, 5) is 25.0. The summed E-state index contributed by atoms with van der Waals surface area (Å²) in [7, 11) is 0. The lowest BCUT2D eigenvalue weighted by atomic mass is 9.92. The van der Waals surface area contributed by atoms with Crippen molar-refractivity contribution in [1.29, 1.82) is 0 Å². The van der Waals surface area contributed by atoms with Crippen molar-refractivity contribution < 1.29 is 14.3 Å². The predicted molar refractivity (Wildman–Crippen MR) is 106 cm³/mol. The molecule has 1 atom stereocenters. The van der Waals surface area contributed by atoms with E-state index in [4.69, 9.17) is 4.74 Å². The summed E-state index contributed by atoms with van der Waals surface area (Å²) in [5, 5.41) is 5.47. The Kier molecular flexibility index (Phi) is 6.11. The molecular formula is C20H23BrN2O3. The lowest BCUT2D eigenvalue weighted by Crippen LogP contribution is -2.41. The summed E-state index contributed by atoms with van der Waals surface area (Å²) < 4.78 is 6.35. The average Bonchev–Trinajstić information content (AvgIpc) is 2.78. The molecule has 0 saturated carbocycles. The molecule has 5 nitrogen and oxygen atoms in total. The second-order valence-electron chi connectivity index (χ2n) is 6.26. The fourth-order valence-corrected chi connectivity index (χ4v) is 3.87. The van der Waals surface area contributed by atoms with Gasteiger partial charge in [0.2, 0.25) is 0 Å². The normalized spacial score (nSPS) is 19.0. The van der Waals surface area contributed by atoms with Crippen molar-refractivity contribution in [2.75, 3.05) is 6.54 Å². The molecule has 1 aliphatic rings. The zero-order chi connectivity index (χ0) is 19.5. The summed E-state index contributed by atoms with van der Waals surface area (Å²) in [5.41, 5.74) is 4.82. The summed E-state index contributed by atoms with van der Waals surface area (Å²) in [5.74, 6) is -0.0681. The van der Waals surface area contributed by atoms with Gasteiger partial charge >= 0.3 is 6.09 Å². The van der Waals surface area contributed by atoms with Gasteiger partial charge in [-0.2, -0.15) is 0 Å². The molecule has 2 amide bonds. The van der Waals surface area contributed by atoms with Crippen LogP contribution in [0.4, 0.5) is 4.79 Å². The Labute approximate surface area is 162 Å². The van der Waals surface area contributed by atoms with Gasteiger partial charge in [0.1, 0.15) is 5.54 Å². The van der Waals surface area contributed by atoms with Crippen LogP contribution in [0.5, 0.6) is 0 Å². The van der Waals surface area contributed by atoms with Gasteiger partial charge < -0.3 is 15.4 Å². The number of rotatable bonds is 5. The van der Waals surface area contributed by atoms with E-state index < -0.39 is 11.6 Å². The average molecular weight is 419 g/mol. The van der Waals surface area contributed by atoms with Crippen molar-refractivity contribution in [2.24, 2.45) is 0 Å². The second-order valence-corrected chi connectivity index (χ2v) is 7.12. The quantitative estimate of drug-likeness (QED) is 0.709. The van der Waals surface area contributed by atoms with Crippen molar-refractivity contribution in [3.63, 3.8) is 0 Å². The Morgan fingerprint density at radius 3 is 2.73 bits per heavy atom. The van der Waals surface area contributed by atoms with E-state index in [9.17, 15) is 9.59 Å². The van der Waals surface area contributed by atoms with Crippen LogP contribution in [-0.4, -0.2) is 24.1 Å². The van der Waals surface area contributed by atoms with Crippen molar-refractivity contribution in [3.05, 3.63) is 57.4 Å². The number of nitrogens with one attached hydrogen (secondary N) is 2. The Balaban J connectivity index is 2.76. The number of amides is 2. The molecule has 1 unspecified atom stereocenters. The topological polar surface area (TPSA) is 67.4 Å². The van der Waals surface area contributed by atoms with E-state index in [0.717, 1.165) is 27.6 Å². The lowest BCUT2D eigenvalue weighted by Gasteiger charge is -2.22. The molecule has 0 fully saturated rings. The van der Waals surface area contributed by atoms with Crippen LogP contribution in [0.3, 0.4) is 0 Å². The third-order valence-corrected chi connectivity index (χ3v) is 4.78. The third-order valence-electron chi connectivity index (χ3n) is 4.15. The molecule has 6 heteroatoms. The van der Waals surface area contributed by atoms with E-state index in [2.05, 4.69) is 38.9 Å². The van der Waals surface area contributed by atoms with E-state index in [0.29, 0.717) is 12.1 Å². The van der Waals surface area contributed by atoms with Crippen LogP contribution in [0.15, 0.2) is 40.8 Å². The summed E-state index contributed by atoms with van der Waals surface area (Å²) >= 11 is 3.57. The highest BCUT2D eigenvalue weighted by Gasteiger charge is 2.44. The largest absolute Gasteiger partial charge is 0.412 e. The highest BCUT2D eigenvalue weighted by molar-refractivity contribution is 9.10. The third kappa shape index (κ3) is 3.76. The van der Waals surface area contributed by atoms with Crippen molar-refractivity contribution in [2.45, 2.75) is 39.7 Å². The number of benzene rings is 1. The zero-order valence-electron chi connectivity index (χ0n) is 15.5. The minimum absolute atomic E-state index is 0.240. The molecule has 0 aliphatic carbocycles. The standard InChI is InChI=1S/C20H23BrN2O3/c1-6-9-20(5)17(26-19(25)22-8-3)16(18(24)23-20)15-13(7-2)10-12(4)11-14(15)21/h9-11H,1,7-8H2,2-5H3,(H,22,25)(H,23,24). The molecule has 0 saturated heterocycles. The number of alkyl carbamates (subject to hydrolysis) is 1. The summed E-state index contributed by atoms with van der Waals surface area (Å²) in [6.07, 6.45) is 1.70. The van der Waals surface area contributed by atoms with Gasteiger partial charge in [-0.25, -0.2) is 4.79 Å². The van der Waals surface area contributed by atoms with Gasteiger partial charge in [0.15, 0.2) is 5.76 Å². The highest BCUT2D eigenvalue weighted by atomic mass is 79.9. The number of hydrogen-bond donors (Lipinski definition) is 2. The summed E-state index contributed by atoms with van der Waals surface area (Å²) in [6.45, 7) is 11.6. The molecule has 0 bridgehead atoms. The molecule has 0 spiro atoms. The van der Waals surface area contributed by atoms with Crippen LogP contribution in [0.25, 0.3) is 5.57 Å². The fraction of sp³-hybridized carbons (Fsp3) is 0.350. The SMILES string of the molecule is C=C=CC1(C)NC(=O)C(c2c(Br)cc(C)cc2CC)=C1OC(=O)NCC. The van der Waals surface area contributed by atoms with Gasteiger partial charge in [-0.05, 0) is 50.5 Å². The Bertz CT molecular complexity index is 838. The maximum Gasteiger partial charge on any atom is 0.412 e. The van der Waals surface area contributed by atoms with Crippen LogP contribution in [0.2, 0.25) is 0 Å². The Morgan fingerprint density at radius 2 is 2.15 bits per heavy atom. The molecule has 1 heterocycles. The minimum atomic E-state index is -1.01. The number of halogens is 1. The smallest absolute Gasteiger partial charge is 0.411 e. The van der Waals surface area contributed by atoms with Gasteiger partial charge in [0.05, 0.1) is 5.57 Å². The van der Waals surface area contributed by atoms with Crippen LogP contribution in [0.1, 0.15) is 37.5 Å². The van der Waals surface area contributed by atoms with Crippen LogP contribution in [0, 0.1) is 6.92 Å². The minimum Gasteiger partial charge on any atom is -0.411 e. The molecule has 138 valence electrons. The molecule has 0 radical (unpaired) electrons. The maximum absolute atomic E-state index is 12.9. The van der Waals surface area contributed by atoms with E-state index in [1.807, 2.05) is 26.0 Å². The molecule has 1 aromatic carbocycles. The second kappa shape index (κ2) is 7.94. The van der Waals surface area contributed by atoms with Crippen molar-refractivity contribution in [3.8, 4) is 0 Å². The molecule has 1 aromatic rings. The molecular weight excluding hydrogens is 396 g/mol. The first-order chi connectivity index (χ1) is 12.3. The monoisotopic (exact) mass is 418 g/mol. The number of hydrogen-bond acceptors (Lipinski definition) is 3. The molecule has 2 N–H and O–H groups in total. The first-order valence-corrected chi connectivity index (χ1v) is 9.26. The molecule has 2 rings (SSSR count). The predicted octanol–water partition coefficient (Wildman–Crippen LogP) is 4.01. The van der Waals surface area contributed by atoms with E-state index >= 15 is 0 Å². The van der Waals surface area contributed by atoms with E-state index in [1.165, 1.54) is 0 Å². The van der Waals surface area contributed by atoms with Gasteiger partial charge in [-0.1, -0.05) is 35.5 Å². The van der Waals surface area contributed by atoms with Gasteiger partial charge in [0, 0.05) is 16.6 Å². The summed E-state index contributed by atoms with van der Waals surface area (Å²) in [6, 6.07) is 3.97. The van der Waals surface area contributed by atoms with Crippen LogP contribution in [-0.2, 0) is 16.0 Å². The zero-order valence-corrected chi connectivity index (χ0v) is 17.0. The number of aryl methyl sites for hydroxylation is 2. The Hall–Kier alpha value is -2.30. The molecule has 1 aliphatic heterocycles. The number of carbonyl (C=O) groups excluding carboxylic acids is 2. The van der Waals surface area contributed by atoms with Gasteiger partial charge in [-0.3, -0.25) is 4.79 Å². The highest BCUT2D eigenvalue weighted by Crippen LogP contribution is 2.40.